The van der Waals surface area contributed by atoms with E-state index in [1.807, 2.05) is 25.1 Å². The van der Waals surface area contributed by atoms with Gasteiger partial charge in [-0.1, -0.05) is 25.1 Å². The molecule has 1 aromatic heterocycles. The fraction of sp³-hybridized carbons (Fsp3) is 0.438. The number of fused-ring (bicyclic) bond motifs is 1. The van der Waals surface area contributed by atoms with Gasteiger partial charge in [0.1, 0.15) is 0 Å². The smallest absolute Gasteiger partial charge is 0.315 e. The molecule has 0 aliphatic rings. The molecule has 1 heterocycles. The third-order valence-electron chi connectivity index (χ3n) is 3.40. The second-order valence-corrected chi connectivity index (χ2v) is 5.12. The number of carbonyl (C=O) groups is 1. The van der Waals surface area contributed by atoms with E-state index < -0.39 is 0 Å². The summed E-state index contributed by atoms with van der Waals surface area (Å²) in [5, 5.41) is 11.2. The van der Waals surface area contributed by atoms with Gasteiger partial charge in [0.05, 0.1) is 30.8 Å². The number of nitrogens with one attached hydrogen (secondary N) is 2. The van der Waals surface area contributed by atoms with Crippen molar-refractivity contribution in [1.82, 2.24) is 20.4 Å². The molecule has 0 atom stereocenters. The Labute approximate surface area is 134 Å². The molecule has 0 spiro atoms. The van der Waals surface area contributed by atoms with Crippen LogP contribution in [0.15, 0.2) is 29.1 Å². The van der Waals surface area contributed by atoms with Gasteiger partial charge in [-0.2, -0.15) is 5.10 Å². The van der Waals surface area contributed by atoms with Crippen LogP contribution in [0.1, 0.15) is 19.0 Å². The van der Waals surface area contributed by atoms with Gasteiger partial charge in [0.15, 0.2) is 0 Å². The predicted molar refractivity (Wildman–Crippen MR) is 88.4 cm³/mol. The van der Waals surface area contributed by atoms with Crippen molar-refractivity contribution in [3.8, 4) is 0 Å². The van der Waals surface area contributed by atoms with Crippen molar-refractivity contribution >= 4 is 16.8 Å². The van der Waals surface area contributed by atoms with E-state index in [-0.39, 0.29) is 18.1 Å². The maximum Gasteiger partial charge on any atom is 0.315 e. The lowest BCUT2D eigenvalue weighted by molar-refractivity contribution is 0.181. The van der Waals surface area contributed by atoms with Crippen molar-refractivity contribution in [2.75, 3.05) is 20.3 Å². The van der Waals surface area contributed by atoms with Crippen LogP contribution >= 0.6 is 0 Å². The number of benzene rings is 1. The summed E-state index contributed by atoms with van der Waals surface area (Å²) in [6.07, 6.45) is 0.872. The molecule has 124 valence electrons. The molecular weight excluding hydrogens is 296 g/mol. The second kappa shape index (κ2) is 8.28. The summed E-state index contributed by atoms with van der Waals surface area (Å²) in [6.45, 7) is 3.63. The van der Waals surface area contributed by atoms with Gasteiger partial charge in [-0.25, -0.2) is 9.48 Å². The fourth-order valence-corrected chi connectivity index (χ4v) is 2.23. The number of nitrogens with zero attached hydrogens (tertiary/aromatic N) is 2. The van der Waals surface area contributed by atoms with Crippen molar-refractivity contribution in [3.05, 3.63) is 40.3 Å². The number of carbonyl (C=O) groups excluding carboxylic acids is 1. The molecule has 2 aromatic rings. The lowest BCUT2D eigenvalue weighted by atomic mass is 10.1. The maximum atomic E-state index is 12.4. The summed E-state index contributed by atoms with van der Waals surface area (Å²) >= 11 is 0. The number of hydrogen-bond donors (Lipinski definition) is 2. The molecule has 2 amide bonds. The van der Waals surface area contributed by atoms with Gasteiger partial charge in [-0.15, -0.1) is 0 Å². The van der Waals surface area contributed by atoms with Crippen LogP contribution in [0.2, 0.25) is 0 Å². The Morgan fingerprint density at radius 2 is 2.00 bits per heavy atom. The van der Waals surface area contributed by atoms with Gasteiger partial charge in [-0.3, -0.25) is 4.79 Å². The van der Waals surface area contributed by atoms with E-state index in [2.05, 4.69) is 15.7 Å². The van der Waals surface area contributed by atoms with Gasteiger partial charge in [0, 0.05) is 19.0 Å². The highest BCUT2D eigenvalue weighted by molar-refractivity contribution is 5.84. The molecule has 0 unspecified atom stereocenters. The highest BCUT2D eigenvalue weighted by Crippen LogP contribution is 2.13. The molecule has 7 heteroatoms. The molecule has 2 rings (SSSR count). The predicted octanol–water partition coefficient (Wildman–Crippen LogP) is 1.25. The Morgan fingerprint density at radius 3 is 2.70 bits per heavy atom. The first-order valence-corrected chi connectivity index (χ1v) is 7.66. The first kappa shape index (κ1) is 17.0. The van der Waals surface area contributed by atoms with E-state index in [0.717, 1.165) is 11.8 Å². The first-order chi connectivity index (χ1) is 11.2. The summed E-state index contributed by atoms with van der Waals surface area (Å²) in [5.74, 6) is 0. The largest absolute Gasteiger partial charge is 0.383 e. The molecule has 0 radical (unpaired) electrons. The lowest BCUT2D eigenvalue weighted by Gasteiger charge is -2.12. The molecule has 2 N–H and O–H groups in total. The Morgan fingerprint density at radius 1 is 1.26 bits per heavy atom. The lowest BCUT2D eigenvalue weighted by Crippen LogP contribution is -2.36. The first-order valence-electron chi connectivity index (χ1n) is 7.66. The Kier molecular flexibility index (Phi) is 6.10. The normalized spacial score (nSPS) is 10.7. The van der Waals surface area contributed by atoms with Crippen LogP contribution in [0.5, 0.6) is 0 Å². The number of rotatable bonds is 7. The van der Waals surface area contributed by atoms with Crippen molar-refractivity contribution < 1.29 is 9.53 Å². The summed E-state index contributed by atoms with van der Waals surface area (Å²) in [6, 6.07) is 7.03. The summed E-state index contributed by atoms with van der Waals surface area (Å²) in [4.78, 5) is 24.1. The van der Waals surface area contributed by atoms with Crippen LogP contribution in [-0.2, 0) is 17.8 Å². The summed E-state index contributed by atoms with van der Waals surface area (Å²) in [7, 11) is 1.58. The number of aromatic nitrogens is 2. The minimum absolute atomic E-state index is 0.156. The molecule has 0 bridgehead atoms. The van der Waals surface area contributed by atoms with Crippen LogP contribution in [-0.4, -0.2) is 36.1 Å². The molecule has 0 saturated heterocycles. The van der Waals surface area contributed by atoms with Gasteiger partial charge < -0.3 is 15.4 Å². The van der Waals surface area contributed by atoms with E-state index in [1.165, 1.54) is 4.68 Å². The molecule has 0 aliphatic carbocycles. The summed E-state index contributed by atoms with van der Waals surface area (Å²) in [5.41, 5.74) is 0.500. The topological polar surface area (TPSA) is 85.2 Å². The van der Waals surface area contributed by atoms with Crippen molar-refractivity contribution in [2.45, 2.75) is 26.4 Å². The van der Waals surface area contributed by atoms with E-state index in [0.29, 0.717) is 30.8 Å². The zero-order chi connectivity index (χ0) is 16.7. The van der Waals surface area contributed by atoms with Gasteiger partial charge in [0.25, 0.3) is 5.56 Å². The van der Waals surface area contributed by atoms with Crippen LogP contribution in [0.25, 0.3) is 10.8 Å². The molecule has 0 aliphatic heterocycles. The van der Waals surface area contributed by atoms with Crippen molar-refractivity contribution in [2.24, 2.45) is 0 Å². The fourth-order valence-electron chi connectivity index (χ4n) is 2.23. The zero-order valence-electron chi connectivity index (χ0n) is 13.5. The SMILES string of the molecule is CCCNC(=O)NCc1nn(CCOC)c(=O)c2ccccc12. The third-order valence-corrected chi connectivity index (χ3v) is 3.40. The Bertz CT molecular complexity index is 727. The molecule has 7 nitrogen and oxygen atoms in total. The number of hydrogen-bond acceptors (Lipinski definition) is 4. The van der Waals surface area contributed by atoms with Gasteiger partial charge in [0.2, 0.25) is 0 Å². The molecule has 1 aromatic carbocycles. The number of urea groups is 1. The monoisotopic (exact) mass is 318 g/mol. The number of ether oxygens (including phenoxy) is 1. The van der Waals surface area contributed by atoms with E-state index in [9.17, 15) is 9.59 Å². The standard InChI is InChI=1S/C16H22N4O3/c1-3-8-17-16(22)18-11-14-12-6-4-5-7-13(12)15(21)20(19-14)9-10-23-2/h4-7H,3,8-11H2,1-2H3,(H2,17,18,22). The molecular formula is C16H22N4O3. The van der Waals surface area contributed by atoms with Gasteiger partial charge >= 0.3 is 6.03 Å². The van der Waals surface area contributed by atoms with Crippen LogP contribution < -0.4 is 16.2 Å². The van der Waals surface area contributed by atoms with E-state index in [4.69, 9.17) is 4.74 Å². The van der Waals surface area contributed by atoms with Crippen LogP contribution in [0.3, 0.4) is 0 Å². The average Bonchev–Trinajstić information content (AvgIpc) is 2.58. The molecule has 23 heavy (non-hydrogen) atoms. The van der Waals surface area contributed by atoms with Crippen LogP contribution in [0.4, 0.5) is 4.79 Å². The maximum absolute atomic E-state index is 12.4. The minimum Gasteiger partial charge on any atom is -0.383 e. The zero-order valence-corrected chi connectivity index (χ0v) is 13.5. The Hall–Kier alpha value is -2.41. The minimum atomic E-state index is -0.243. The molecule has 0 fully saturated rings. The third kappa shape index (κ3) is 4.29. The van der Waals surface area contributed by atoms with Crippen molar-refractivity contribution in [3.63, 3.8) is 0 Å². The number of amides is 2. The number of methoxy groups -OCH3 is 1. The van der Waals surface area contributed by atoms with Crippen LogP contribution in [0, 0.1) is 0 Å². The Balaban J connectivity index is 2.28. The van der Waals surface area contributed by atoms with Crippen molar-refractivity contribution in [1.29, 1.82) is 0 Å². The quantitative estimate of drug-likeness (QED) is 0.804. The highest BCUT2D eigenvalue weighted by atomic mass is 16.5. The highest BCUT2D eigenvalue weighted by Gasteiger charge is 2.11. The second-order valence-electron chi connectivity index (χ2n) is 5.12. The van der Waals surface area contributed by atoms with Gasteiger partial charge in [-0.05, 0) is 12.5 Å². The summed E-state index contributed by atoms with van der Waals surface area (Å²) < 4.78 is 6.40. The molecule has 0 saturated carbocycles. The van der Waals surface area contributed by atoms with E-state index in [1.54, 1.807) is 13.2 Å². The average molecular weight is 318 g/mol. The van der Waals surface area contributed by atoms with E-state index >= 15 is 0 Å².